The Labute approximate surface area is 115 Å². The Morgan fingerprint density at radius 3 is 2.40 bits per heavy atom. The standard InChI is InChI=1S/C14H11N3O3/c1-2-20-14(19)10-3-5-12(15-7-10)13-6-4-11(8-16-13)17-9-18/h3-8H,2H2,1H3. The minimum absolute atomic E-state index is 0.320. The molecule has 0 aromatic carbocycles. The molecular formula is C14H11N3O3. The van der Waals surface area contributed by atoms with Crippen molar-refractivity contribution in [3.63, 3.8) is 0 Å². The Morgan fingerprint density at radius 1 is 1.20 bits per heavy atom. The molecule has 100 valence electrons. The van der Waals surface area contributed by atoms with Gasteiger partial charge < -0.3 is 4.74 Å². The van der Waals surface area contributed by atoms with Crippen molar-refractivity contribution < 1.29 is 14.3 Å². The van der Waals surface area contributed by atoms with Gasteiger partial charge in [-0.05, 0) is 31.2 Å². The first-order valence-electron chi connectivity index (χ1n) is 5.92. The quantitative estimate of drug-likeness (QED) is 0.483. The fourth-order valence-electron chi connectivity index (χ4n) is 1.54. The maximum Gasteiger partial charge on any atom is 0.339 e. The summed E-state index contributed by atoms with van der Waals surface area (Å²) in [6.45, 7) is 2.06. The summed E-state index contributed by atoms with van der Waals surface area (Å²) >= 11 is 0. The lowest BCUT2D eigenvalue weighted by atomic mass is 10.2. The molecule has 2 aromatic rings. The highest BCUT2D eigenvalue weighted by Crippen LogP contribution is 2.18. The Morgan fingerprint density at radius 2 is 1.90 bits per heavy atom. The summed E-state index contributed by atoms with van der Waals surface area (Å²) in [5.41, 5.74) is 2.04. The zero-order valence-corrected chi connectivity index (χ0v) is 10.7. The molecule has 2 rings (SSSR count). The van der Waals surface area contributed by atoms with Gasteiger partial charge in [0.15, 0.2) is 0 Å². The van der Waals surface area contributed by atoms with E-state index in [1.54, 1.807) is 31.2 Å². The second-order valence-corrected chi connectivity index (χ2v) is 3.76. The number of pyridine rings is 2. The number of esters is 1. The smallest absolute Gasteiger partial charge is 0.339 e. The number of ether oxygens (including phenoxy) is 1. The summed E-state index contributed by atoms with van der Waals surface area (Å²) in [4.78, 5) is 33.3. The highest BCUT2D eigenvalue weighted by Gasteiger charge is 2.08. The summed E-state index contributed by atoms with van der Waals surface area (Å²) in [6.07, 6.45) is 4.33. The van der Waals surface area contributed by atoms with E-state index in [9.17, 15) is 9.59 Å². The van der Waals surface area contributed by atoms with Crippen molar-refractivity contribution in [1.29, 1.82) is 0 Å². The third-order valence-corrected chi connectivity index (χ3v) is 2.46. The maximum absolute atomic E-state index is 11.5. The molecule has 0 aliphatic carbocycles. The number of carbonyl (C=O) groups excluding carboxylic acids is 2. The fraction of sp³-hybridized carbons (Fsp3) is 0.143. The molecule has 0 spiro atoms. The van der Waals surface area contributed by atoms with Crippen LogP contribution in [0, 0.1) is 0 Å². The lowest BCUT2D eigenvalue weighted by Crippen LogP contribution is -2.05. The molecule has 0 radical (unpaired) electrons. The summed E-state index contributed by atoms with van der Waals surface area (Å²) < 4.78 is 4.87. The van der Waals surface area contributed by atoms with Gasteiger partial charge in [-0.25, -0.2) is 9.59 Å². The van der Waals surface area contributed by atoms with E-state index in [0.29, 0.717) is 29.2 Å². The molecule has 0 bridgehead atoms. The first-order valence-corrected chi connectivity index (χ1v) is 5.92. The topological polar surface area (TPSA) is 81.5 Å². The minimum atomic E-state index is -0.407. The number of isocyanates is 1. The van der Waals surface area contributed by atoms with E-state index in [0.717, 1.165) is 0 Å². The van der Waals surface area contributed by atoms with Crippen LogP contribution in [0.2, 0.25) is 0 Å². The Balaban J connectivity index is 2.21. The van der Waals surface area contributed by atoms with Crippen molar-refractivity contribution in [2.24, 2.45) is 4.99 Å². The van der Waals surface area contributed by atoms with E-state index in [4.69, 9.17) is 4.74 Å². The van der Waals surface area contributed by atoms with E-state index in [1.165, 1.54) is 18.5 Å². The van der Waals surface area contributed by atoms with Crippen LogP contribution in [0.15, 0.2) is 41.7 Å². The molecule has 0 atom stereocenters. The number of carbonyl (C=O) groups is 1. The third kappa shape index (κ3) is 3.13. The number of hydrogen-bond donors (Lipinski definition) is 0. The maximum atomic E-state index is 11.5. The molecule has 0 fully saturated rings. The Bertz CT molecular complexity index is 644. The molecule has 2 heterocycles. The largest absolute Gasteiger partial charge is 0.462 e. The molecule has 6 nitrogen and oxygen atoms in total. The zero-order valence-electron chi connectivity index (χ0n) is 10.7. The summed E-state index contributed by atoms with van der Waals surface area (Å²) in [5.74, 6) is -0.407. The molecule has 0 saturated heterocycles. The number of hydrogen-bond acceptors (Lipinski definition) is 6. The second-order valence-electron chi connectivity index (χ2n) is 3.76. The third-order valence-electron chi connectivity index (χ3n) is 2.46. The van der Waals surface area contributed by atoms with E-state index in [-0.39, 0.29) is 0 Å². The van der Waals surface area contributed by atoms with Crippen LogP contribution in [0.3, 0.4) is 0 Å². The average molecular weight is 269 g/mol. The van der Waals surface area contributed by atoms with Gasteiger partial charge in [0, 0.05) is 6.20 Å². The Kier molecular flexibility index (Phi) is 4.32. The van der Waals surface area contributed by atoms with Gasteiger partial charge >= 0.3 is 5.97 Å². The molecule has 0 aliphatic rings. The average Bonchev–Trinajstić information content (AvgIpc) is 2.49. The van der Waals surface area contributed by atoms with Crippen molar-refractivity contribution in [1.82, 2.24) is 9.97 Å². The van der Waals surface area contributed by atoms with Gasteiger partial charge in [-0.2, -0.15) is 4.99 Å². The van der Waals surface area contributed by atoms with Gasteiger partial charge in [-0.1, -0.05) is 0 Å². The predicted molar refractivity (Wildman–Crippen MR) is 71.2 cm³/mol. The molecule has 0 N–H and O–H groups in total. The normalized spacial score (nSPS) is 9.65. The van der Waals surface area contributed by atoms with Crippen LogP contribution in [0.4, 0.5) is 5.69 Å². The predicted octanol–water partition coefficient (Wildman–Crippen LogP) is 2.29. The SMILES string of the molecule is CCOC(=O)c1ccc(-c2ccc(N=C=O)cn2)nc1. The first kappa shape index (κ1) is 13.6. The minimum Gasteiger partial charge on any atom is -0.462 e. The lowest BCUT2D eigenvalue weighted by molar-refractivity contribution is 0.0526. The molecule has 0 aliphatic heterocycles. The molecule has 0 amide bonds. The first-order chi connectivity index (χ1) is 9.74. The molecule has 6 heteroatoms. The zero-order chi connectivity index (χ0) is 14.4. The van der Waals surface area contributed by atoms with Gasteiger partial charge in [0.1, 0.15) is 0 Å². The number of rotatable bonds is 4. The van der Waals surface area contributed by atoms with Gasteiger partial charge in [0.2, 0.25) is 6.08 Å². The van der Waals surface area contributed by atoms with Crippen molar-refractivity contribution in [2.45, 2.75) is 6.92 Å². The van der Waals surface area contributed by atoms with Crippen LogP contribution in [0.5, 0.6) is 0 Å². The van der Waals surface area contributed by atoms with Gasteiger partial charge in [0.05, 0.1) is 35.4 Å². The van der Waals surface area contributed by atoms with Crippen LogP contribution in [0.25, 0.3) is 11.4 Å². The van der Waals surface area contributed by atoms with Crippen molar-refractivity contribution in [2.75, 3.05) is 6.61 Å². The van der Waals surface area contributed by atoms with Gasteiger partial charge in [0.25, 0.3) is 0 Å². The second kappa shape index (κ2) is 6.36. The fourth-order valence-corrected chi connectivity index (χ4v) is 1.54. The molecule has 0 unspecified atom stereocenters. The van der Waals surface area contributed by atoms with Crippen LogP contribution < -0.4 is 0 Å². The van der Waals surface area contributed by atoms with Gasteiger partial charge in [-0.3, -0.25) is 9.97 Å². The molecule has 0 saturated carbocycles. The molecule has 20 heavy (non-hydrogen) atoms. The van der Waals surface area contributed by atoms with Crippen molar-refractivity contribution >= 4 is 17.7 Å². The Hall–Kier alpha value is -2.85. The van der Waals surface area contributed by atoms with Crippen LogP contribution in [-0.2, 0) is 9.53 Å². The van der Waals surface area contributed by atoms with Crippen LogP contribution in [0.1, 0.15) is 17.3 Å². The lowest BCUT2D eigenvalue weighted by Gasteiger charge is -2.03. The highest BCUT2D eigenvalue weighted by atomic mass is 16.5. The van der Waals surface area contributed by atoms with Gasteiger partial charge in [-0.15, -0.1) is 0 Å². The number of aromatic nitrogens is 2. The number of nitrogens with zero attached hydrogens (tertiary/aromatic N) is 3. The molecule has 2 aromatic heterocycles. The molecular weight excluding hydrogens is 258 g/mol. The van der Waals surface area contributed by atoms with E-state index in [2.05, 4.69) is 15.0 Å². The van der Waals surface area contributed by atoms with Crippen molar-refractivity contribution in [3.8, 4) is 11.4 Å². The summed E-state index contributed by atoms with van der Waals surface area (Å²) in [5, 5.41) is 0. The summed E-state index contributed by atoms with van der Waals surface area (Å²) in [6, 6.07) is 6.62. The van der Waals surface area contributed by atoms with E-state index in [1.807, 2.05) is 0 Å². The van der Waals surface area contributed by atoms with E-state index < -0.39 is 5.97 Å². The number of aliphatic imine (C=N–C) groups is 1. The van der Waals surface area contributed by atoms with Crippen LogP contribution in [-0.4, -0.2) is 28.6 Å². The van der Waals surface area contributed by atoms with Crippen molar-refractivity contribution in [3.05, 3.63) is 42.2 Å². The summed E-state index contributed by atoms with van der Waals surface area (Å²) in [7, 11) is 0. The monoisotopic (exact) mass is 269 g/mol. The van der Waals surface area contributed by atoms with E-state index >= 15 is 0 Å². The van der Waals surface area contributed by atoms with Crippen LogP contribution >= 0.6 is 0 Å². The highest BCUT2D eigenvalue weighted by molar-refractivity contribution is 5.89.